The van der Waals surface area contributed by atoms with E-state index in [1.165, 1.54) is 0 Å². The van der Waals surface area contributed by atoms with Crippen LogP contribution in [0.4, 0.5) is 5.82 Å². The Kier molecular flexibility index (Phi) is 5.06. The van der Waals surface area contributed by atoms with Gasteiger partial charge in [-0.25, -0.2) is 10.8 Å². The minimum atomic E-state index is -0.263. The van der Waals surface area contributed by atoms with Gasteiger partial charge in [0, 0.05) is 31.3 Å². The summed E-state index contributed by atoms with van der Waals surface area (Å²) < 4.78 is 0. The smallest absolute Gasteiger partial charge is 0.251 e. The molecule has 0 aliphatic heterocycles. The lowest BCUT2D eigenvalue weighted by atomic mass is 10.2. The molecule has 0 aliphatic carbocycles. The average Bonchev–Trinajstić information content (AvgIpc) is 2.37. The van der Waals surface area contributed by atoms with Crippen molar-refractivity contribution in [3.63, 3.8) is 0 Å². The van der Waals surface area contributed by atoms with Gasteiger partial charge < -0.3 is 16.1 Å². The van der Waals surface area contributed by atoms with Gasteiger partial charge in [-0.15, -0.1) is 0 Å². The summed E-state index contributed by atoms with van der Waals surface area (Å²) in [4.78, 5) is 26.9. The van der Waals surface area contributed by atoms with Crippen LogP contribution in [0, 0.1) is 6.92 Å². The van der Waals surface area contributed by atoms with E-state index in [0.29, 0.717) is 17.1 Å². The highest BCUT2D eigenvalue weighted by molar-refractivity contribution is 5.95. The second kappa shape index (κ2) is 6.55. The number of nitrogens with two attached hydrogens (primary N) is 1. The Balaban J connectivity index is 2.61. The summed E-state index contributed by atoms with van der Waals surface area (Å²) in [6.45, 7) is 2.05. The zero-order valence-corrected chi connectivity index (χ0v) is 10.4. The van der Waals surface area contributed by atoms with Crippen LogP contribution in [-0.2, 0) is 4.79 Å². The zero-order chi connectivity index (χ0) is 13.5. The van der Waals surface area contributed by atoms with Crippen LogP contribution in [0.1, 0.15) is 22.5 Å². The van der Waals surface area contributed by atoms with Gasteiger partial charge in [0.25, 0.3) is 5.91 Å². The molecule has 5 N–H and O–H groups in total. The molecule has 1 heterocycles. The van der Waals surface area contributed by atoms with Crippen molar-refractivity contribution < 1.29 is 9.59 Å². The number of hydrogen-bond acceptors (Lipinski definition) is 5. The van der Waals surface area contributed by atoms with Gasteiger partial charge in [0.2, 0.25) is 5.91 Å². The Morgan fingerprint density at radius 1 is 1.39 bits per heavy atom. The summed E-state index contributed by atoms with van der Waals surface area (Å²) in [5, 5.41) is 5.13. The van der Waals surface area contributed by atoms with Crippen LogP contribution in [0.25, 0.3) is 0 Å². The molecule has 0 unspecified atom stereocenters. The first-order valence-corrected chi connectivity index (χ1v) is 5.51. The van der Waals surface area contributed by atoms with E-state index in [4.69, 9.17) is 5.84 Å². The minimum absolute atomic E-state index is 0.120. The monoisotopic (exact) mass is 251 g/mol. The Hall–Kier alpha value is -2.15. The first kappa shape index (κ1) is 13.9. The maximum absolute atomic E-state index is 11.8. The first-order chi connectivity index (χ1) is 8.56. The average molecular weight is 251 g/mol. The summed E-state index contributed by atoms with van der Waals surface area (Å²) in [6.07, 6.45) is 0.244. The van der Waals surface area contributed by atoms with Crippen LogP contribution in [0.3, 0.4) is 0 Å². The summed E-state index contributed by atoms with van der Waals surface area (Å²) in [5.74, 6) is 5.29. The molecule has 7 nitrogen and oxygen atoms in total. The van der Waals surface area contributed by atoms with E-state index in [0.717, 1.165) is 0 Å². The van der Waals surface area contributed by atoms with Crippen molar-refractivity contribution in [2.45, 2.75) is 13.3 Å². The first-order valence-electron chi connectivity index (χ1n) is 5.51. The molecule has 0 spiro atoms. The zero-order valence-electron chi connectivity index (χ0n) is 10.4. The Labute approximate surface area is 105 Å². The highest BCUT2D eigenvalue weighted by atomic mass is 16.2. The third kappa shape index (κ3) is 4.02. The van der Waals surface area contributed by atoms with Gasteiger partial charge in [-0.2, -0.15) is 0 Å². The SMILES string of the molecule is CNC(=O)CCNC(=O)c1cc(C)nc(NN)c1. The highest BCUT2D eigenvalue weighted by Gasteiger charge is 2.08. The van der Waals surface area contributed by atoms with Gasteiger partial charge in [-0.3, -0.25) is 9.59 Å². The van der Waals surface area contributed by atoms with Gasteiger partial charge in [0.05, 0.1) is 0 Å². The Morgan fingerprint density at radius 2 is 2.11 bits per heavy atom. The number of nitrogens with zero attached hydrogens (tertiary/aromatic N) is 1. The number of carbonyl (C=O) groups excluding carboxylic acids is 2. The third-order valence-electron chi connectivity index (χ3n) is 2.28. The number of anilines is 1. The molecule has 0 saturated carbocycles. The van der Waals surface area contributed by atoms with Crippen LogP contribution in [0.5, 0.6) is 0 Å². The van der Waals surface area contributed by atoms with Crippen LogP contribution < -0.4 is 21.9 Å². The van der Waals surface area contributed by atoms with E-state index < -0.39 is 0 Å². The number of rotatable bonds is 5. The molecule has 1 aromatic rings. The lowest BCUT2D eigenvalue weighted by molar-refractivity contribution is -0.120. The molecular formula is C11H17N5O2. The molecule has 0 bridgehead atoms. The van der Waals surface area contributed by atoms with Gasteiger partial charge in [-0.1, -0.05) is 0 Å². The van der Waals surface area contributed by atoms with Crippen molar-refractivity contribution in [1.29, 1.82) is 0 Å². The maximum Gasteiger partial charge on any atom is 0.251 e. The van der Waals surface area contributed by atoms with E-state index >= 15 is 0 Å². The number of hydrazine groups is 1. The lowest BCUT2D eigenvalue weighted by Crippen LogP contribution is -2.29. The maximum atomic E-state index is 11.8. The molecular weight excluding hydrogens is 234 g/mol. The van der Waals surface area contributed by atoms with Crippen molar-refractivity contribution in [3.05, 3.63) is 23.4 Å². The van der Waals surface area contributed by atoms with Crippen molar-refractivity contribution in [2.75, 3.05) is 19.0 Å². The highest BCUT2D eigenvalue weighted by Crippen LogP contribution is 2.08. The Morgan fingerprint density at radius 3 is 2.72 bits per heavy atom. The molecule has 0 aromatic carbocycles. The van der Waals surface area contributed by atoms with E-state index in [1.54, 1.807) is 26.1 Å². The molecule has 18 heavy (non-hydrogen) atoms. The fraction of sp³-hybridized carbons (Fsp3) is 0.364. The number of aryl methyl sites for hydroxylation is 1. The summed E-state index contributed by atoms with van der Waals surface area (Å²) >= 11 is 0. The van der Waals surface area contributed by atoms with Crippen molar-refractivity contribution >= 4 is 17.6 Å². The molecule has 0 aliphatic rings. The van der Waals surface area contributed by atoms with Crippen molar-refractivity contribution in [1.82, 2.24) is 15.6 Å². The Bertz CT molecular complexity index is 447. The van der Waals surface area contributed by atoms with Crippen LogP contribution in [-0.4, -0.2) is 30.4 Å². The predicted octanol–water partition coefficient (Wildman–Crippen LogP) is -0.458. The number of pyridine rings is 1. The second-order valence-electron chi connectivity index (χ2n) is 3.71. The van der Waals surface area contributed by atoms with E-state index in [2.05, 4.69) is 21.0 Å². The van der Waals surface area contributed by atoms with E-state index in [-0.39, 0.29) is 24.8 Å². The van der Waals surface area contributed by atoms with E-state index in [9.17, 15) is 9.59 Å². The van der Waals surface area contributed by atoms with Gasteiger partial charge >= 0.3 is 0 Å². The van der Waals surface area contributed by atoms with Crippen molar-refractivity contribution in [2.24, 2.45) is 5.84 Å². The molecule has 0 radical (unpaired) electrons. The quantitative estimate of drug-likeness (QED) is 0.418. The number of nitrogen functional groups attached to an aromatic ring is 1. The third-order valence-corrected chi connectivity index (χ3v) is 2.28. The van der Waals surface area contributed by atoms with Gasteiger partial charge in [0.15, 0.2) is 0 Å². The number of amides is 2. The minimum Gasteiger partial charge on any atom is -0.359 e. The standard InChI is InChI=1S/C11H17N5O2/c1-7-5-8(6-9(15-7)16-12)11(18)14-4-3-10(17)13-2/h5-6H,3-4,12H2,1-2H3,(H,13,17)(H,14,18)(H,15,16). The largest absolute Gasteiger partial charge is 0.359 e. The molecule has 0 atom stereocenters. The topological polar surface area (TPSA) is 109 Å². The van der Waals surface area contributed by atoms with Gasteiger partial charge in [-0.05, 0) is 19.1 Å². The molecule has 7 heteroatoms. The number of nitrogens with one attached hydrogen (secondary N) is 3. The fourth-order valence-electron chi connectivity index (χ4n) is 1.39. The molecule has 1 rings (SSSR count). The predicted molar refractivity (Wildman–Crippen MR) is 67.8 cm³/mol. The molecule has 2 amide bonds. The molecule has 0 fully saturated rings. The second-order valence-corrected chi connectivity index (χ2v) is 3.71. The van der Waals surface area contributed by atoms with Crippen LogP contribution in [0.2, 0.25) is 0 Å². The molecule has 98 valence electrons. The summed E-state index contributed by atoms with van der Waals surface area (Å²) in [5.41, 5.74) is 3.52. The summed E-state index contributed by atoms with van der Waals surface area (Å²) in [7, 11) is 1.55. The van der Waals surface area contributed by atoms with Crippen molar-refractivity contribution in [3.8, 4) is 0 Å². The molecule has 1 aromatic heterocycles. The van der Waals surface area contributed by atoms with E-state index in [1.807, 2.05) is 0 Å². The lowest BCUT2D eigenvalue weighted by Gasteiger charge is -2.07. The number of hydrogen-bond donors (Lipinski definition) is 4. The van der Waals surface area contributed by atoms with Gasteiger partial charge in [0.1, 0.15) is 5.82 Å². The summed E-state index contributed by atoms with van der Waals surface area (Å²) in [6, 6.07) is 3.19. The normalized spacial score (nSPS) is 9.72. The molecule has 0 saturated heterocycles. The van der Waals surface area contributed by atoms with Crippen LogP contribution in [0.15, 0.2) is 12.1 Å². The number of carbonyl (C=O) groups is 2. The fourth-order valence-corrected chi connectivity index (χ4v) is 1.39. The van der Waals surface area contributed by atoms with Crippen LogP contribution >= 0.6 is 0 Å². The number of aromatic nitrogens is 1.